The van der Waals surface area contributed by atoms with Gasteiger partial charge in [0.2, 0.25) is 0 Å². The van der Waals surface area contributed by atoms with Crippen molar-refractivity contribution in [2.75, 3.05) is 19.0 Å². The molecule has 1 aliphatic heterocycles. The lowest BCUT2D eigenvalue weighted by atomic mass is 9.95. The van der Waals surface area contributed by atoms with Gasteiger partial charge in [0, 0.05) is 18.5 Å². The molecule has 0 amide bonds. The molecule has 3 heterocycles. The zero-order valence-corrected chi connectivity index (χ0v) is 13.5. The lowest BCUT2D eigenvalue weighted by Gasteiger charge is -2.32. The fourth-order valence-corrected chi connectivity index (χ4v) is 4.78. The summed E-state index contributed by atoms with van der Waals surface area (Å²) >= 11 is 1.85. The topological polar surface area (TPSA) is 47.0 Å². The van der Waals surface area contributed by atoms with Gasteiger partial charge in [-0.15, -0.1) is 11.3 Å². The SMILES string of the molecule is CNc1nc(C2(C)CCCCO2)nc2sc3c(c12)CCC3. The molecule has 1 atom stereocenters. The molecule has 21 heavy (non-hydrogen) atoms. The smallest absolute Gasteiger partial charge is 0.163 e. The molecule has 4 rings (SSSR count). The van der Waals surface area contributed by atoms with Crippen LogP contribution in [0.1, 0.15) is 48.9 Å². The molecule has 4 nitrogen and oxygen atoms in total. The number of rotatable bonds is 2. The Kier molecular flexibility index (Phi) is 3.15. The summed E-state index contributed by atoms with van der Waals surface area (Å²) in [6.07, 6.45) is 6.97. The Labute approximate surface area is 128 Å². The molecule has 5 heteroatoms. The van der Waals surface area contributed by atoms with Gasteiger partial charge in [-0.1, -0.05) is 0 Å². The second kappa shape index (κ2) is 4.92. The van der Waals surface area contributed by atoms with Crippen LogP contribution >= 0.6 is 11.3 Å². The van der Waals surface area contributed by atoms with E-state index < -0.39 is 0 Å². The van der Waals surface area contributed by atoms with Crippen LogP contribution < -0.4 is 5.32 Å². The number of nitrogens with zero attached hydrogens (tertiary/aromatic N) is 2. The van der Waals surface area contributed by atoms with Gasteiger partial charge in [0.25, 0.3) is 0 Å². The normalized spacial score (nSPS) is 25.2. The van der Waals surface area contributed by atoms with E-state index in [2.05, 4.69) is 12.2 Å². The van der Waals surface area contributed by atoms with E-state index in [9.17, 15) is 0 Å². The van der Waals surface area contributed by atoms with Gasteiger partial charge in [0.05, 0.1) is 5.39 Å². The quantitative estimate of drug-likeness (QED) is 0.920. The molecule has 0 bridgehead atoms. The standard InChI is InChI=1S/C16H21N3OS/c1-16(8-3-4-9-20-16)15-18-13(17-2)12-10-6-5-7-11(10)21-14(12)19-15/h3-9H2,1-2H3,(H,17,18,19). The van der Waals surface area contributed by atoms with E-state index in [4.69, 9.17) is 14.7 Å². The summed E-state index contributed by atoms with van der Waals surface area (Å²) in [4.78, 5) is 12.3. The molecule has 2 aromatic heterocycles. The summed E-state index contributed by atoms with van der Waals surface area (Å²) in [6.45, 7) is 2.95. The van der Waals surface area contributed by atoms with E-state index in [0.29, 0.717) is 0 Å². The number of anilines is 1. The van der Waals surface area contributed by atoms with Crippen molar-refractivity contribution in [3.05, 3.63) is 16.3 Å². The fourth-order valence-electron chi connectivity index (χ4n) is 3.52. The molecule has 1 fully saturated rings. The Hall–Kier alpha value is -1.20. The van der Waals surface area contributed by atoms with E-state index in [1.54, 1.807) is 0 Å². The highest BCUT2D eigenvalue weighted by atomic mass is 32.1. The van der Waals surface area contributed by atoms with Crippen molar-refractivity contribution >= 4 is 27.4 Å². The number of hydrogen-bond acceptors (Lipinski definition) is 5. The largest absolute Gasteiger partial charge is 0.372 e. The minimum atomic E-state index is -0.327. The molecule has 2 aliphatic rings. The molecule has 1 saturated heterocycles. The lowest BCUT2D eigenvalue weighted by Crippen LogP contribution is -2.32. The molecule has 0 radical (unpaired) electrons. The first-order valence-electron chi connectivity index (χ1n) is 7.86. The van der Waals surface area contributed by atoms with Crippen molar-refractivity contribution in [1.29, 1.82) is 0 Å². The Morgan fingerprint density at radius 2 is 2.10 bits per heavy atom. The van der Waals surface area contributed by atoms with Crippen molar-refractivity contribution in [3.63, 3.8) is 0 Å². The molecule has 1 N–H and O–H groups in total. The van der Waals surface area contributed by atoms with Crippen molar-refractivity contribution in [2.45, 2.75) is 51.0 Å². The van der Waals surface area contributed by atoms with Crippen molar-refractivity contribution in [3.8, 4) is 0 Å². The Balaban J connectivity index is 1.88. The third kappa shape index (κ3) is 2.06. The molecule has 0 aromatic carbocycles. The van der Waals surface area contributed by atoms with Crippen LogP contribution in [-0.2, 0) is 23.2 Å². The summed E-state index contributed by atoms with van der Waals surface area (Å²) in [5.74, 6) is 1.82. The third-order valence-electron chi connectivity index (χ3n) is 4.74. The van der Waals surface area contributed by atoms with Crippen LogP contribution in [0.5, 0.6) is 0 Å². The molecular formula is C16H21N3OS. The fraction of sp³-hybridized carbons (Fsp3) is 0.625. The van der Waals surface area contributed by atoms with Gasteiger partial charge in [-0.25, -0.2) is 9.97 Å². The lowest BCUT2D eigenvalue weighted by molar-refractivity contribution is -0.0757. The minimum Gasteiger partial charge on any atom is -0.372 e. The number of aromatic nitrogens is 2. The molecule has 1 unspecified atom stereocenters. The molecule has 2 aromatic rings. The number of ether oxygens (including phenoxy) is 1. The zero-order valence-electron chi connectivity index (χ0n) is 12.7. The van der Waals surface area contributed by atoms with Crippen LogP contribution in [-0.4, -0.2) is 23.6 Å². The van der Waals surface area contributed by atoms with Gasteiger partial charge in [-0.05, 0) is 51.0 Å². The molecule has 0 saturated carbocycles. The highest BCUT2D eigenvalue weighted by Gasteiger charge is 2.34. The first kappa shape index (κ1) is 13.5. The van der Waals surface area contributed by atoms with Crippen molar-refractivity contribution in [2.24, 2.45) is 0 Å². The van der Waals surface area contributed by atoms with Gasteiger partial charge < -0.3 is 10.1 Å². The van der Waals surface area contributed by atoms with Gasteiger partial charge in [-0.2, -0.15) is 0 Å². The number of aryl methyl sites for hydroxylation is 2. The monoisotopic (exact) mass is 303 g/mol. The van der Waals surface area contributed by atoms with Crippen LogP contribution in [0, 0.1) is 0 Å². The van der Waals surface area contributed by atoms with Crippen molar-refractivity contribution < 1.29 is 4.74 Å². The Morgan fingerprint density at radius 3 is 2.86 bits per heavy atom. The van der Waals surface area contributed by atoms with Gasteiger partial charge >= 0.3 is 0 Å². The van der Waals surface area contributed by atoms with E-state index in [0.717, 1.165) is 35.9 Å². The van der Waals surface area contributed by atoms with Crippen LogP contribution in [0.15, 0.2) is 0 Å². The number of nitrogens with one attached hydrogen (secondary N) is 1. The molecular weight excluding hydrogens is 282 g/mol. The van der Waals surface area contributed by atoms with Crippen molar-refractivity contribution in [1.82, 2.24) is 9.97 Å². The maximum Gasteiger partial charge on any atom is 0.163 e. The number of thiophene rings is 1. The second-order valence-corrected chi connectivity index (χ2v) is 7.30. The number of hydrogen-bond donors (Lipinski definition) is 1. The van der Waals surface area contributed by atoms with Crippen LogP contribution in [0.4, 0.5) is 5.82 Å². The predicted molar refractivity (Wildman–Crippen MR) is 86.1 cm³/mol. The summed E-state index contributed by atoms with van der Waals surface area (Å²) in [5.41, 5.74) is 1.15. The summed E-state index contributed by atoms with van der Waals surface area (Å²) in [7, 11) is 1.95. The van der Waals surface area contributed by atoms with Crippen LogP contribution in [0.3, 0.4) is 0 Å². The van der Waals surface area contributed by atoms with Crippen LogP contribution in [0.2, 0.25) is 0 Å². The van der Waals surface area contributed by atoms with Gasteiger partial charge in [0.15, 0.2) is 5.82 Å². The third-order valence-corrected chi connectivity index (χ3v) is 5.93. The minimum absolute atomic E-state index is 0.327. The number of fused-ring (bicyclic) bond motifs is 3. The highest BCUT2D eigenvalue weighted by Crippen LogP contribution is 2.41. The average Bonchev–Trinajstić information content (AvgIpc) is 3.07. The second-order valence-electron chi connectivity index (χ2n) is 6.22. The molecule has 0 spiro atoms. The zero-order chi connectivity index (χ0) is 14.4. The van der Waals surface area contributed by atoms with Gasteiger partial charge in [0.1, 0.15) is 16.2 Å². The Bertz CT molecular complexity index is 688. The summed E-state index contributed by atoms with van der Waals surface area (Å²) < 4.78 is 6.03. The first-order chi connectivity index (χ1) is 10.2. The average molecular weight is 303 g/mol. The van der Waals surface area contributed by atoms with Gasteiger partial charge in [-0.3, -0.25) is 0 Å². The predicted octanol–water partition coefficient (Wildman–Crippen LogP) is 3.64. The first-order valence-corrected chi connectivity index (χ1v) is 8.67. The molecule has 1 aliphatic carbocycles. The Morgan fingerprint density at radius 1 is 1.19 bits per heavy atom. The van der Waals surface area contributed by atoms with E-state index >= 15 is 0 Å². The maximum absolute atomic E-state index is 6.03. The van der Waals surface area contributed by atoms with E-state index in [1.165, 1.54) is 41.5 Å². The van der Waals surface area contributed by atoms with E-state index in [1.807, 2.05) is 18.4 Å². The summed E-state index contributed by atoms with van der Waals surface area (Å²) in [6, 6.07) is 0. The molecule has 112 valence electrons. The van der Waals surface area contributed by atoms with E-state index in [-0.39, 0.29) is 5.60 Å². The highest BCUT2D eigenvalue weighted by molar-refractivity contribution is 7.19. The van der Waals surface area contributed by atoms with Crippen LogP contribution in [0.25, 0.3) is 10.2 Å². The summed E-state index contributed by atoms with van der Waals surface area (Å²) in [5, 5.41) is 4.53. The maximum atomic E-state index is 6.03.